The number of rotatable bonds is 3. The highest BCUT2D eigenvalue weighted by Gasteiger charge is 2.55. The van der Waals surface area contributed by atoms with Crippen LogP contribution in [-0.4, -0.2) is 50.7 Å². The Labute approximate surface area is 102 Å². The summed E-state index contributed by atoms with van der Waals surface area (Å²) in [5, 5.41) is 0. The summed E-state index contributed by atoms with van der Waals surface area (Å²) >= 11 is 0. The molecule has 0 atom stereocenters. The normalized spacial score (nSPS) is 18.2. The Morgan fingerprint density at radius 1 is 1.35 bits per heavy atom. The molecule has 1 saturated heterocycles. The van der Waals surface area contributed by atoms with Gasteiger partial charge in [-0.1, -0.05) is 20.8 Å². The second kappa shape index (κ2) is 4.64. The van der Waals surface area contributed by atoms with Crippen molar-refractivity contribution in [2.45, 2.75) is 20.8 Å². The lowest BCUT2D eigenvalue weighted by Gasteiger charge is -2.40. The van der Waals surface area contributed by atoms with E-state index < -0.39 is 11.4 Å². The van der Waals surface area contributed by atoms with Gasteiger partial charge >= 0.3 is 5.97 Å². The van der Waals surface area contributed by atoms with Crippen LogP contribution in [0.3, 0.4) is 0 Å². The molecule has 98 valence electrons. The fourth-order valence-corrected chi connectivity index (χ4v) is 1.98. The van der Waals surface area contributed by atoms with Crippen LogP contribution in [0.4, 0.5) is 0 Å². The van der Waals surface area contributed by atoms with Gasteiger partial charge in [-0.2, -0.15) is 0 Å². The van der Waals surface area contributed by atoms with Crippen molar-refractivity contribution >= 4 is 11.9 Å². The van der Waals surface area contributed by atoms with Gasteiger partial charge in [0, 0.05) is 13.6 Å². The molecule has 5 heteroatoms. The molecule has 5 nitrogen and oxygen atoms in total. The maximum absolute atomic E-state index is 12.3. The predicted octanol–water partition coefficient (Wildman–Crippen LogP) is 0.680. The third-order valence-electron chi connectivity index (χ3n) is 2.74. The maximum atomic E-state index is 12.3. The first-order valence-corrected chi connectivity index (χ1v) is 5.65. The number of carbonyl (C=O) groups is 2. The average molecular weight is 243 g/mol. The average Bonchev–Trinajstić information content (AvgIpc) is 2.12. The third-order valence-corrected chi connectivity index (χ3v) is 2.74. The summed E-state index contributed by atoms with van der Waals surface area (Å²) in [5.74, 6) is -0.722. The number of methoxy groups -OCH3 is 1. The van der Waals surface area contributed by atoms with Gasteiger partial charge in [-0.25, -0.2) is 0 Å². The number of nitrogens with zero attached hydrogens (tertiary/aromatic N) is 1. The molecule has 1 aliphatic rings. The van der Waals surface area contributed by atoms with Crippen LogP contribution in [0.1, 0.15) is 20.8 Å². The van der Waals surface area contributed by atoms with Gasteiger partial charge < -0.3 is 14.4 Å². The standard InChI is InChI=1S/C12H21NO4/c1-11(2,3)6-13(4)9(14)12(7-17-8-12)10(15)16-5/h6-8H2,1-5H3. The van der Waals surface area contributed by atoms with Gasteiger partial charge in [0.15, 0.2) is 5.41 Å². The van der Waals surface area contributed by atoms with Gasteiger partial charge in [-0.3, -0.25) is 9.59 Å². The number of carbonyl (C=O) groups excluding carboxylic acids is 2. The monoisotopic (exact) mass is 243 g/mol. The van der Waals surface area contributed by atoms with Crippen LogP contribution in [0, 0.1) is 10.8 Å². The molecular weight excluding hydrogens is 222 g/mol. The van der Waals surface area contributed by atoms with Crippen LogP contribution in [0.5, 0.6) is 0 Å². The molecule has 0 unspecified atom stereocenters. The van der Waals surface area contributed by atoms with Crippen molar-refractivity contribution in [2.24, 2.45) is 10.8 Å². The number of hydrogen-bond donors (Lipinski definition) is 0. The van der Waals surface area contributed by atoms with E-state index in [1.54, 1.807) is 11.9 Å². The first-order chi connectivity index (χ1) is 7.73. The molecule has 0 aliphatic carbocycles. The van der Waals surface area contributed by atoms with E-state index in [9.17, 15) is 9.59 Å². The highest BCUT2D eigenvalue weighted by molar-refractivity contribution is 6.03. The molecule has 1 amide bonds. The fraction of sp³-hybridized carbons (Fsp3) is 0.833. The highest BCUT2D eigenvalue weighted by atomic mass is 16.5. The summed E-state index contributed by atoms with van der Waals surface area (Å²) in [6.45, 7) is 6.95. The molecule has 1 fully saturated rings. The quantitative estimate of drug-likeness (QED) is 0.540. The van der Waals surface area contributed by atoms with E-state index in [0.717, 1.165) is 0 Å². The summed E-state index contributed by atoms with van der Waals surface area (Å²) in [6.07, 6.45) is 0. The Morgan fingerprint density at radius 3 is 2.18 bits per heavy atom. The van der Waals surface area contributed by atoms with Crippen molar-refractivity contribution in [3.8, 4) is 0 Å². The SMILES string of the molecule is COC(=O)C1(C(=O)N(C)CC(C)(C)C)COC1. The van der Waals surface area contributed by atoms with E-state index in [1.165, 1.54) is 7.11 Å². The molecule has 1 aliphatic heterocycles. The minimum absolute atomic E-state index is 0.00762. The molecule has 0 N–H and O–H groups in total. The van der Waals surface area contributed by atoms with Crippen molar-refractivity contribution in [2.75, 3.05) is 33.9 Å². The molecule has 17 heavy (non-hydrogen) atoms. The van der Waals surface area contributed by atoms with E-state index in [1.807, 2.05) is 20.8 Å². The largest absolute Gasteiger partial charge is 0.468 e. The first kappa shape index (κ1) is 14.0. The van der Waals surface area contributed by atoms with E-state index in [-0.39, 0.29) is 24.5 Å². The van der Waals surface area contributed by atoms with Crippen molar-refractivity contribution in [3.05, 3.63) is 0 Å². The molecule has 0 bridgehead atoms. The van der Waals surface area contributed by atoms with Gasteiger partial charge in [0.25, 0.3) is 0 Å². The molecule has 1 rings (SSSR count). The first-order valence-electron chi connectivity index (χ1n) is 5.65. The van der Waals surface area contributed by atoms with Crippen LogP contribution < -0.4 is 0 Å². The summed E-state index contributed by atoms with van der Waals surface area (Å²) in [5.41, 5.74) is -1.12. The number of esters is 1. The Hall–Kier alpha value is -1.10. The van der Waals surface area contributed by atoms with Crippen molar-refractivity contribution in [1.82, 2.24) is 4.90 Å². The zero-order chi connectivity index (χ0) is 13.3. The minimum atomic E-state index is -1.12. The summed E-state index contributed by atoms with van der Waals surface area (Å²) in [4.78, 5) is 25.5. The molecule has 1 heterocycles. The molecule has 0 spiro atoms. The van der Waals surface area contributed by atoms with E-state index in [2.05, 4.69) is 0 Å². The van der Waals surface area contributed by atoms with Crippen molar-refractivity contribution < 1.29 is 19.1 Å². The number of amides is 1. The van der Waals surface area contributed by atoms with Crippen molar-refractivity contribution in [3.63, 3.8) is 0 Å². The molecule has 0 aromatic heterocycles. The van der Waals surface area contributed by atoms with E-state index >= 15 is 0 Å². The smallest absolute Gasteiger partial charge is 0.326 e. The van der Waals surface area contributed by atoms with Crippen LogP contribution >= 0.6 is 0 Å². The van der Waals surface area contributed by atoms with Crippen molar-refractivity contribution in [1.29, 1.82) is 0 Å². The second-order valence-electron chi connectivity index (χ2n) is 5.79. The lowest BCUT2D eigenvalue weighted by Crippen LogP contribution is -2.60. The summed E-state index contributed by atoms with van der Waals surface area (Å²) < 4.78 is 9.71. The highest BCUT2D eigenvalue weighted by Crippen LogP contribution is 2.32. The Kier molecular flexibility index (Phi) is 3.81. The van der Waals surface area contributed by atoms with Crippen LogP contribution in [-0.2, 0) is 19.1 Å². The van der Waals surface area contributed by atoms with Gasteiger partial charge in [0.1, 0.15) is 0 Å². The topological polar surface area (TPSA) is 55.8 Å². The summed E-state index contributed by atoms with van der Waals surface area (Å²) in [7, 11) is 3.00. The lowest BCUT2D eigenvalue weighted by molar-refractivity contribution is -0.193. The molecule has 0 saturated carbocycles. The van der Waals surface area contributed by atoms with Gasteiger partial charge in [0.2, 0.25) is 5.91 Å². The molecular formula is C12H21NO4. The molecule has 0 aromatic carbocycles. The minimum Gasteiger partial charge on any atom is -0.468 e. The third kappa shape index (κ3) is 2.77. The van der Waals surface area contributed by atoms with E-state index in [0.29, 0.717) is 6.54 Å². The van der Waals surface area contributed by atoms with Crippen LogP contribution in [0.15, 0.2) is 0 Å². The summed E-state index contributed by atoms with van der Waals surface area (Å²) in [6, 6.07) is 0. The Bertz CT molecular complexity index is 315. The van der Waals surface area contributed by atoms with Crippen LogP contribution in [0.2, 0.25) is 0 Å². The number of hydrogen-bond acceptors (Lipinski definition) is 4. The molecule has 0 aromatic rings. The maximum Gasteiger partial charge on any atom is 0.326 e. The second-order valence-corrected chi connectivity index (χ2v) is 5.79. The van der Waals surface area contributed by atoms with E-state index in [4.69, 9.17) is 9.47 Å². The van der Waals surface area contributed by atoms with Gasteiger partial charge in [0.05, 0.1) is 20.3 Å². The Balaban J connectivity index is 2.77. The zero-order valence-corrected chi connectivity index (χ0v) is 11.2. The molecule has 0 radical (unpaired) electrons. The zero-order valence-electron chi connectivity index (χ0n) is 11.2. The lowest BCUT2D eigenvalue weighted by atomic mass is 9.83. The predicted molar refractivity (Wildman–Crippen MR) is 62.4 cm³/mol. The van der Waals surface area contributed by atoms with Gasteiger partial charge in [-0.15, -0.1) is 0 Å². The Morgan fingerprint density at radius 2 is 1.88 bits per heavy atom. The fourth-order valence-electron chi connectivity index (χ4n) is 1.98. The van der Waals surface area contributed by atoms with Gasteiger partial charge in [-0.05, 0) is 5.41 Å². The number of ether oxygens (including phenoxy) is 2. The van der Waals surface area contributed by atoms with Crippen LogP contribution in [0.25, 0.3) is 0 Å².